The molecule has 0 saturated heterocycles. The third-order valence-corrected chi connectivity index (χ3v) is 3.79. The van der Waals surface area contributed by atoms with Gasteiger partial charge in [-0.25, -0.2) is 0 Å². The quantitative estimate of drug-likeness (QED) is 0.449. The molecule has 3 rings (SSSR count). The molecule has 3 aromatic rings. The standard InChI is InChI=1S/C16H13Cl2N.2C2H6/c1-2-11-10-19(14-5-3-4-12(17)8-14)16-7-6-13(18)9-15(11)16;2*1-2/h3-10H,2H2,1H3;2*1-2H3. The molecule has 0 atom stereocenters. The van der Waals surface area contributed by atoms with Crippen molar-refractivity contribution < 1.29 is 0 Å². The summed E-state index contributed by atoms with van der Waals surface area (Å²) in [5.41, 5.74) is 3.51. The van der Waals surface area contributed by atoms with E-state index in [0.29, 0.717) is 0 Å². The summed E-state index contributed by atoms with van der Waals surface area (Å²) < 4.78 is 2.16. The molecule has 1 aromatic heterocycles. The summed E-state index contributed by atoms with van der Waals surface area (Å²) in [6.07, 6.45) is 3.14. The molecular formula is C20H25Cl2N. The van der Waals surface area contributed by atoms with Crippen molar-refractivity contribution in [2.75, 3.05) is 0 Å². The SMILES string of the molecule is CC.CC.CCc1cn(-c2cccc(Cl)c2)c2ccc(Cl)cc12. The van der Waals surface area contributed by atoms with Gasteiger partial charge in [0.1, 0.15) is 0 Å². The summed E-state index contributed by atoms with van der Waals surface area (Å²) in [4.78, 5) is 0. The molecule has 3 heteroatoms. The van der Waals surface area contributed by atoms with Crippen LogP contribution in [0, 0.1) is 0 Å². The van der Waals surface area contributed by atoms with Gasteiger partial charge in [-0.2, -0.15) is 0 Å². The summed E-state index contributed by atoms with van der Waals surface area (Å²) >= 11 is 12.2. The normalized spacial score (nSPS) is 9.70. The third-order valence-electron chi connectivity index (χ3n) is 3.32. The van der Waals surface area contributed by atoms with Crippen LogP contribution in [0.3, 0.4) is 0 Å². The van der Waals surface area contributed by atoms with Gasteiger partial charge in [0.05, 0.1) is 5.52 Å². The predicted molar refractivity (Wildman–Crippen MR) is 105 cm³/mol. The molecule has 1 nitrogen and oxygen atoms in total. The summed E-state index contributed by atoms with van der Waals surface area (Å²) in [5, 5.41) is 2.72. The van der Waals surface area contributed by atoms with Crippen molar-refractivity contribution in [3.05, 3.63) is 64.3 Å². The lowest BCUT2D eigenvalue weighted by Gasteiger charge is -2.05. The highest BCUT2D eigenvalue weighted by Gasteiger charge is 2.09. The average molecular weight is 350 g/mol. The van der Waals surface area contributed by atoms with Gasteiger partial charge < -0.3 is 4.57 Å². The molecule has 0 spiro atoms. The number of rotatable bonds is 2. The van der Waals surface area contributed by atoms with Crippen LogP contribution in [0.4, 0.5) is 0 Å². The lowest BCUT2D eigenvalue weighted by atomic mass is 10.1. The minimum absolute atomic E-state index is 0.742. The molecule has 0 radical (unpaired) electrons. The maximum absolute atomic E-state index is 6.10. The fourth-order valence-electron chi connectivity index (χ4n) is 2.39. The van der Waals surface area contributed by atoms with E-state index in [4.69, 9.17) is 23.2 Å². The van der Waals surface area contributed by atoms with Gasteiger partial charge >= 0.3 is 0 Å². The Kier molecular flexibility index (Phi) is 8.22. The average Bonchev–Trinajstić information content (AvgIpc) is 2.96. The second kappa shape index (κ2) is 9.64. The van der Waals surface area contributed by atoms with Crippen molar-refractivity contribution in [3.8, 4) is 5.69 Å². The van der Waals surface area contributed by atoms with Crippen LogP contribution >= 0.6 is 23.2 Å². The van der Waals surface area contributed by atoms with Gasteiger partial charge in [-0.15, -0.1) is 0 Å². The lowest BCUT2D eigenvalue weighted by Crippen LogP contribution is -1.91. The lowest BCUT2D eigenvalue weighted by molar-refractivity contribution is 1.08. The van der Waals surface area contributed by atoms with E-state index in [9.17, 15) is 0 Å². The van der Waals surface area contributed by atoms with Gasteiger partial charge in [-0.1, -0.05) is 63.9 Å². The number of benzene rings is 2. The zero-order valence-electron chi connectivity index (χ0n) is 14.5. The van der Waals surface area contributed by atoms with Crippen LogP contribution in [0.25, 0.3) is 16.6 Å². The highest BCUT2D eigenvalue weighted by Crippen LogP contribution is 2.28. The van der Waals surface area contributed by atoms with Crippen LogP contribution in [0.2, 0.25) is 10.0 Å². The minimum atomic E-state index is 0.742. The maximum Gasteiger partial charge on any atom is 0.0532 e. The first-order valence-electron chi connectivity index (χ1n) is 8.24. The largest absolute Gasteiger partial charge is 0.316 e. The number of halogens is 2. The van der Waals surface area contributed by atoms with Crippen LogP contribution in [0.5, 0.6) is 0 Å². The highest BCUT2D eigenvalue weighted by atomic mass is 35.5. The molecule has 0 aliphatic rings. The molecule has 0 fully saturated rings. The summed E-state index contributed by atoms with van der Waals surface area (Å²) in [7, 11) is 0. The Balaban J connectivity index is 0.000000615. The Hall–Kier alpha value is -1.44. The van der Waals surface area contributed by atoms with E-state index in [-0.39, 0.29) is 0 Å². The monoisotopic (exact) mass is 349 g/mol. The Bertz CT molecular complexity index is 744. The fraction of sp³-hybridized carbons (Fsp3) is 0.300. The molecule has 0 aliphatic carbocycles. The van der Waals surface area contributed by atoms with E-state index in [0.717, 1.165) is 27.7 Å². The van der Waals surface area contributed by atoms with Gasteiger partial charge in [0.25, 0.3) is 0 Å². The molecule has 0 N–H and O–H groups in total. The van der Waals surface area contributed by atoms with Gasteiger partial charge in [0, 0.05) is 27.3 Å². The van der Waals surface area contributed by atoms with Crippen molar-refractivity contribution in [3.63, 3.8) is 0 Å². The topological polar surface area (TPSA) is 4.93 Å². The van der Waals surface area contributed by atoms with Crippen molar-refractivity contribution in [1.82, 2.24) is 4.57 Å². The van der Waals surface area contributed by atoms with Crippen LogP contribution in [-0.4, -0.2) is 4.57 Å². The first kappa shape index (κ1) is 19.6. The van der Waals surface area contributed by atoms with Crippen LogP contribution < -0.4 is 0 Å². The number of aryl methyl sites for hydroxylation is 1. The van der Waals surface area contributed by atoms with Gasteiger partial charge in [-0.3, -0.25) is 0 Å². The van der Waals surface area contributed by atoms with E-state index >= 15 is 0 Å². The van der Waals surface area contributed by atoms with Crippen molar-refractivity contribution in [2.45, 2.75) is 41.0 Å². The zero-order chi connectivity index (χ0) is 17.4. The molecule has 2 aromatic carbocycles. The molecular weight excluding hydrogens is 325 g/mol. The molecule has 23 heavy (non-hydrogen) atoms. The maximum atomic E-state index is 6.10. The zero-order valence-corrected chi connectivity index (χ0v) is 16.0. The smallest absolute Gasteiger partial charge is 0.0532 e. The molecule has 0 saturated carbocycles. The highest BCUT2D eigenvalue weighted by molar-refractivity contribution is 6.31. The second-order valence-corrected chi connectivity index (χ2v) is 5.39. The second-order valence-electron chi connectivity index (χ2n) is 4.52. The molecule has 0 bridgehead atoms. The summed E-state index contributed by atoms with van der Waals surface area (Å²) in [6, 6.07) is 13.9. The van der Waals surface area contributed by atoms with Crippen molar-refractivity contribution in [1.29, 1.82) is 0 Å². The van der Waals surface area contributed by atoms with E-state index in [2.05, 4.69) is 29.8 Å². The van der Waals surface area contributed by atoms with Gasteiger partial charge in [0.2, 0.25) is 0 Å². The Morgan fingerprint density at radius 2 is 1.52 bits per heavy atom. The predicted octanol–water partition coefficient (Wildman–Crippen LogP) is 7.55. The number of hydrogen-bond donors (Lipinski definition) is 0. The number of hydrogen-bond acceptors (Lipinski definition) is 0. The first-order valence-corrected chi connectivity index (χ1v) is 9.00. The van der Waals surface area contributed by atoms with E-state index in [1.807, 2.05) is 58.0 Å². The molecule has 0 aliphatic heterocycles. The van der Waals surface area contributed by atoms with E-state index in [1.54, 1.807) is 0 Å². The van der Waals surface area contributed by atoms with E-state index < -0.39 is 0 Å². The van der Waals surface area contributed by atoms with Crippen LogP contribution in [-0.2, 0) is 6.42 Å². The Morgan fingerprint density at radius 1 is 0.870 bits per heavy atom. The van der Waals surface area contributed by atoms with Crippen LogP contribution in [0.15, 0.2) is 48.7 Å². The molecule has 124 valence electrons. The first-order chi connectivity index (χ1) is 11.2. The van der Waals surface area contributed by atoms with Gasteiger partial charge in [-0.05, 0) is 48.4 Å². The third kappa shape index (κ3) is 4.53. The van der Waals surface area contributed by atoms with Crippen molar-refractivity contribution >= 4 is 34.1 Å². The number of aromatic nitrogens is 1. The number of fused-ring (bicyclic) bond motifs is 1. The Morgan fingerprint density at radius 3 is 2.13 bits per heavy atom. The Labute approximate surface area is 149 Å². The van der Waals surface area contributed by atoms with Crippen molar-refractivity contribution in [2.24, 2.45) is 0 Å². The van der Waals surface area contributed by atoms with Crippen LogP contribution in [0.1, 0.15) is 40.2 Å². The summed E-state index contributed by atoms with van der Waals surface area (Å²) in [5.74, 6) is 0. The van der Waals surface area contributed by atoms with E-state index in [1.165, 1.54) is 10.9 Å². The number of nitrogens with zero attached hydrogens (tertiary/aromatic N) is 1. The fourth-order valence-corrected chi connectivity index (χ4v) is 2.75. The molecule has 1 heterocycles. The molecule has 0 unspecified atom stereocenters. The van der Waals surface area contributed by atoms with Gasteiger partial charge in [0.15, 0.2) is 0 Å². The summed E-state index contributed by atoms with van der Waals surface area (Å²) in [6.45, 7) is 10.2. The molecule has 0 amide bonds. The minimum Gasteiger partial charge on any atom is -0.316 e.